The topological polar surface area (TPSA) is 90.5 Å². The van der Waals surface area contributed by atoms with Crippen LogP contribution in [0.4, 0.5) is 23.0 Å². The third-order valence-electron chi connectivity index (χ3n) is 4.44. The molecule has 134 valence electrons. The lowest BCUT2D eigenvalue weighted by Crippen LogP contribution is -2.47. The predicted octanol–water partition coefficient (Wildman–Crippen LogP) is 1.53. The first-order chi connectivity index (χ1) is 12.1. The SMILES string of the molecule is Cc1cc(C)cc(Nc2ncnc(N3CCN(CCO)CC3)c2N)c1. The van der Waals surface area contributed by atoms with Crippen molar-refractivity contribution in [3.63, 3.8) is 0 Å². The zero-order valence-corrected chi connectivity index (χ0v) is 14.9. The lowest BCUT2D eigenvalue weighted by Gasteiger charge is -2.35. The van der Waals surface area contributed by atoms with Crippen LogP contribution in [0.3, 0.4) is 0 Å². The molecule has 0 saturated carbocycles. The van der Waals surface area contributed by atoms with Crippen LogP contribution in [0.5, 0.6) is 0 Å². The second-order valence-electron chi connectivity index (χ2n) is 6.51. The fourth-order valence-corrected chi connectivity index (χ4v) is 3.25. The van der Waals surface area contributed by atoms with Gasteiger partial charge in [-0.15, -0.1) is 0 Å². The summed E-state index contributed by atoms with van der Waals surface area (Å²) < 4.78 is 0. The summed E-state index contributed by atoms with van der Waals surface area (Å²) in [5, 5.41) is 12.4. The van der Waals surface area contributed by atoms with E-state index in [4.69, 9.17) is 10.8 Å². The van der Waals surface area contributed by atoms with Gasteiger partial charge in [-0.25, -0.2) is 9.97 Å². The van der Waals surface area contributed by atoms with Gasteiger partial charge in [0.1, 0.15) is 12.0 Å². The van der Waals surface area contributed by atoms with Gasteiger partial charge in [-0.3, -0.25) is 4.90 Å². The Morgan fingerprint density at radius 3 is 2.40 bits per heavy atom. The van der Waals surface area contributed by atoms with Gasteiger partial charge in [-0.2, -0.15) is 0 Å². The Morgan fingerprint density at radius 2 is 1.76 bits per heavy atom. The quantitative estimate of drug-likeness (QED) is 0.759. The minimum Gasteiger partial charge on any atom is -0.395 e. The average molecular weight is 342 g/mol. The number of hydrogen-bond acceptors (Lipinski definition) is 7. The summed E-state index contributed by atoms with van der Waals surface area (Å²) in [5.41, 5.74) is 10.3. The minimum absolute atomic E-state index is 0.194. The number of nitrogens with one attached hydrogen (secondary N) is 1. The van der Waals surface area contributed by atoms with Gasteiger partial charge in [-0.1, -0.05) is 6.07 Å². The number of piperazine rings is 1. The van der Waals surface area contributed by atoms with E-state index in [0.717, 1.165) is 37.7 Å². The molecular weight excluding hydrogens is 316 g/mol. The van der Waals surface area contributed by atoms with E-state index in [-0.39, 0.29) is 6.61 Å². The average Bonchev–Trinajstić information content (AvgIpc) is 2.57. The standard InChI is InChI=1S/C18H26N6O/c1-13-9-14(2)11-15(10-13)22-17-16(19)18(21-12-20-17)24-5-3-23(4-6-24)7-8-25/h9-12,25H,3-8,19H2,1-2H3,(H,20,21,22). The van der Waals surface area contributed by atoms with Crippen LogP contribution in [-0.2, 0) is 0 Å². The van der Waals surface area contributed by atoms with Gasteiger partial charge in [0.05, 0.1) is 6.61 Å². The lowest BCUT2D eigenvalue weighted by molar-refractivity contribution is 0.188. The van der Waals surface area contributed by atoms with Gasteiger partial charge in [-0.05, 0) is 37.1 Å². The van der Waals surface area contributed by atoms with Crippen molar-refractivity contribution < 1.29 is 5.11 Å². The van der Waals surface area contributed by atoms with Gasteiger partial charge in [0.25, 0.3) is 0 Å². The van der Waals surface area contributed by atoms with Crippen molar-refractivity contribution in [3.05, 3.63) is 35.7 Å². The highest BCUT2D eigenvalue weighted by Crippen LogP contribution is 2.29. The fraction of sp³-hybridized carbons (Fsp3) is 0.444. The number of aryl methyl sites for hydroxylation is 2. The van der Waals surface area contributed by atoms with Crippen LogP contribution in [0.25, 0.3) is 0 Å². The van der Waals surface area contributed by atoms with Crippen molar-refractivity contribution in [2.24, 2.45) is 0 Å². The number of nitrogen functional groups attached to an aromatic ring is 1. The van der Waals surface area contributed by atoms with Crippen molar-refractivity contribution in [2.45, 2.75) is 13.8 Å². The molecule has 3 rings (SSSR count). The maximum atomic E-state index is 9.06. The number of nitrogens with zero attached hydrogens (tertiary/aromatic N) is 4. The molecule has 1 aromatic heterocycles. The number of anilines is 4. The minimum atomic E-state index is 0.194. The van der Waals surface area contributed by atoms with Crippen LogP contribution in [0, 0.1) is 13.8 Å². The molecule has 0 bridgehead atoms. The highest BCUT2D eigenvalue weighted by molar-refractivity contribution is 5.78. The van der Waals surface area contributed by atoms with Crippen molar-refractivity contribution in [3.8, 4) is 0 Å². The molecule has 0 radical (unpaired) electrons. The number of rotatable bonds is 5. The molecule has 1 aliphatic rings. The van der Waals surface area contributed by atoms with E-state index in [9.17, 15) is 0 Å². The summed E-state index contributed by atoms with van der Waals surface area (Å²) in [7, 11) is 0. The van der Waals surface area contributed by atoms with Crippen molar-refractivity contribution in [2.75, 3.05) is 55.3 Å². The van der Waals surface area contributed by atoms with E-state index in [1.54, 1.807) is 6.33 Å². The van der Waals surface area contributed by atoms with E-state index in [1.807, 2.05) is 0 Å². The molecule has 7 heteroatoms. The largest absolute Gasteiger partial charge is 0.395 e. The molecule has 1 fully saturated rings. The number of β-amino-alcohol motifs (C(OH)–C–C–N with tert-alkyl or cyclic N) is 1. The van der Waals surface area contributed by atoms with Crippen molar-refractivity contribution in [1.29, 1.82) is 0 Å². The van der Waals surface area contributed by atoms with E-state index in [2.05, 4.69) is 57.1 Å². The zero-order chi connectivity index (χ0) is 17.8. The third-order valence-corrected chi connectivity index (χ3v) is 4.44. The van der Waals surface area contributed by atoms with Gasteiger partial charge in [0.15, 0.2) is 11.6 Å². The molecule has 7 nitrogen and oxygen atoms in total. The summed E-state index contributed by atoms with van der Waals surface area (Å²) >= 11 is 0. The fourth-order valence-electron chi connectivity index (χ4n) is 3.25. The van der Waals surface area contributed by atoms with E-state index in [1.165, 1.54) is 11.1 Å². The second kappa shape index (κ2) is 7.67. The highest BCUT2D eigenvalue weighted by Gasteiger charge is 2.21. The molecule has 4 N–H and O–H groups in total. The third kappa shape index (κ3) is 4.18. The molecule has 0 amide bonds. The maximum Gasteiger partial charge on any atom is 0.159 e. The molecule has 1 saturated heterocycles. The van der Waals surface area contributed by atoms with Gasteiger partial charge < -0.3 is 21.1 Å². The molecule has 25 heavy (non-hydrogen) atoms. The molecule has 1 aromatic carbocycles. The highest BCUT2D eigenvalue weighted by atomic mass is 16.3. The maximum absolute atomic E-state index is 9.06. The Kier molecular flexibility index (Phi) is 5.35. The number of hydrogen-bond donors (Lipinski definition) is 3. The molecule has 2 heterocycles. The summed E-state index contributed by atoms with van der Waals surface area (Å²) in [5.74, 6) is 1.40. The Hall–Kier alpha value is -2.38. The summed E-state index contributed by atoms with van der Waals surface area (Å²) in [4.78, 5) is 13.1. The summed E-state index contributed by atoms with van der Waals surface area (Å²) in [6.45, 7) is 8.51. The number of aliphatic hydroxyl groups excluding tert-OH is 1. The smallest absolute Gasteiger partial charge is 0.159 e. The first kappa shape index (κ1) is 17.4. The zero-order valence-electron chi connectivity index (χ0n) is 14.9. The molecule has 0 atom stereocenters. The van der Waals surface area contributed by atoms with Gasteiger partial charge in [0, 0.05) is 38.4 Å². The van der Waals surface area contributed by atoms with Crippen LogP contribution in [0.1, 0.15) is 11.1 Å². The van der Waals surface area contributed by atoms with Gasteiger partial charge >= 0.3 is 0 Å². The molecule has 0 unspecified atom stereocenters. The van der Waals surface area contributed by atoms with Crippen LogP contribution < -0.4 is 16.0 Å². The monoisotopic (exact) mass is 342 g/mol. The Balaban J connectivity index is 1.76. The molecular formula is C18H26N6O. The first-order valence-electron chi connectivity index (χ1n) is 8.61. The summed E-state index contributed by atoms with van der Waals surface area (Å²) in [6, 6.07) is 6.27. The molecule has 1 aliphatic heterocycles. The second-order valence-corrected chi connectivity index (χ2v) is 6.51. The Bertz CT molecular complexity index is 707. The normalized spacial score (nSPS) is 15.4. The molecule has 0 aliphatic carbocycles. The number of aromatic nitrogens is 2. The van der Waals surface area contributed by atoms with Crippen LogP contribution in [0.15, 0.2) is 24.5 Å². The van der Waals surface area contributed by atoms with Crippen molar-refractivity contribution >= 4 is 23.0 Å². The summed E-state index contributed by atoms with van der Waals surface area (Å²) in [6.07, 6.45) is 1.55. The van der Waals surface area contributed by atoms with Crippen LogP contribution >= 0.6 is 0 Å². The Morgan fingerprint density at radius 1 is 1.08 bits per heavy atom. The number of nitrogens with two attached hydrogens (primary N) is 1. The molecule has 2 aromatic rings. The molecule has 0 spiro atoms. The number of aliphatic hydroxyl groups is 1. The van der Waals surface area contributed by atoms with Crippen molar-refractivity contribution in [1.82, 2.24) is 14.9 Å². The van der Waals surface area contributed by atoms with E-state index < -0.39 is 0 Å². The van der Waals surface area contributed by atoms with E-state index in [0.29, 0.717) is 18.1 Å². The van der Waals surface area contributed by atoms with Crippen LogP contribution in [0.2, 0.25) is 0 Å². The Labute approximate surface area is 148 Å². The predicted molar refractivity (Wildman–Crippen MR) is 101 cm³/mol. The van der Waals surface area contributed by atoms with Gasteiger partial charge in [0.2, 0.25) is 0 Å². The van der Waals surface area contributed by atoms with Crippen LogP contribution in [-0.4, -0.2) is 59.3 Å². The lowest BCUT2D eigenvalue weighted by atomic mass is 10.1. The van der Waals surface area contributed by atoms with E-state index >= 15 is 0 Å². The first-order valence-corrected chi connectivity index (χ1v) is 8.61. The number of benzene rings is 1.